The van der Waals surface area contributed by atoms with Crippen molar-refractivity contribution in [1.82, 2.24) is 0 Å². The number of esters is 2. The predicted molar refractivity (Wildman–Crippen MR) is 75.6 cm³/mol. The molecule has 138 valence electrons. The highest BCUT2D eigenvalue weighted by Crippen LogP contribution is 2.60. The summed E-state index contributed by atoms with van der Waals surface area (Å²) in [5.74, 6) is -2.36. The van der Waals surface area contributed by atoms with E-state index in [0.717, 1.165) is 0 Å². The van der Waals surface area contributed by atoms with Gasteiger partial charge in [-0.05, 0) is 25.7 Å². The maximum atomic E-state index is 13.4. The van der Waals surface area contributed by atoms with Gasteiger partial charge in [-0.3, -0.25) is 4.79 Å². The normalized spacial score (nSPS) is 33.8. The van der Waals surface area contributed by atoms with Crippen LogP contribution in [0.25, 0.3) is 0 Å². The number of alkyl halides is 3. The molecular weight excluding hydrogens is 353 g/mol. The van der Waals surface area contributed by atoms with Crippen molar-refractivity contribution in [3.05, 3.63) is 0 Å². The molecule has 10 heteroatoms. The van der Waals surface area contributed by atoms with Crippen LogP contribution in [-0.4, -0.2) is 44.0 Å². The van der Waals surface area contributed by atoms with Crippen molar-refractivity contribution >= 4 is 22.6 Å². The van der Waals surface area contributed by atoms with Crippen LogP contribution in [0.3, 0.4) is 0 Å². The van der Waals surface area contributed by atoms with Crippen LogP contribution in [0, 0.1) is 17.3 Å². The average molecular weight is 372 g/mol. The van der Waals surface area contributed by atoms with E-state index in [0.29, 0.717) is 6.42 Å². The van der Waals surface area contributed by atoms with Crippen LogP contribution in [0.1, 0.15) is 33.6 Å². The summed E-state index contributed by atoms with van der Waals surface area (Å²) in [6.07, 6.45) is -2.67. The van der Waals surface area contributed by atoms with Gasteiger partial charge in [-0.15, -0.1) is 0 Å². The van der Waals surface area contributed by atoms with Gasteiger partial charge in [0, 0.05) is 5.92 Å². The molecule has 1 aliphatic carbocycles. The lowest BCUT2D eigenvalue weighted by atomic mass is 9.72. The first-order valence-corrected chi connectivity index (χ1v) is 8.64. The Labute approximate surface area is 138 Å². The number of rotatable bonds is 6. The number of ether oxygens (including phenoxy) is 2. The van der Waals surface area contributed by atoms with E-state index in [1.54, 1.807) is 20.8 Å². The second kappa shape index (κ2) is 5.89. The van der Waals surface area contributed by atoms with Crippen molar-refractivity contribution in [3.8, 4) is 0 Å². The topological polar surface area (TPSA) is 86.7 Å². The van der Waals surface area contributed by atoms with Crippen molar-refractivity contribution in [3.63, 3.8) is 0 Å². The molecule has 1 heterocycles. The molecule has 0 amide bonds. The largest absolute Gasteiger partial charge is 0.459 e. The summed E-state index contributed by atoms with van der Waals surface area (Å²) < 4.78 is 70.0. The second-order valence-electron chi connectivity index (χ2n) is 6.83. The molecule has 1 saturated heterocycles. The number of carbonyl (C=O) groups excluding carboxylic acids is 2. The van der Waals surface area contributed by atoms with Crippen LogP contribution in [0.4, 0.5) is 13.2 Å². The molecule has 2 bridgehead atoms. The molecule has 0 spiro atoms. The zero-order valence-corrected chi connectivity index (χ0v) is 14.3. The van der Waals surface area contributed by atoms with Crippen molar-refractivity contribution < 1.29 is 40.7 Å². The molecule has 1 aliphatic heterocycles. The number of thiol groups is 1. The molecule has 0 N–H and O–H groups in total. The summed E-state index contributed by atoms with van der Waals surface area (Å²) in [7, 11) is -4.35. The first-order valence-electron chi connectivity index (χ1n) is 7.46. The molecule has 2 fully saturated rings. The lowest BCUT2D eigenvalue weighted by molar-refractivity contribution is -0.184. The smallest absolute Gasteiger partial charge is 0.376 e. The first kappa shape index (κ1) is 19.0. The van der Waals surface area contributed by atoms with E-state index in [1.807, 2.05) is 0 Å². The lowest BCUT2D eigenvalue weighted by Crippen LogP contribution is -2.47. The minimum atomic E-state index is -4.64. The van der Waals surface area contributed by atoms with Crippen LogP contribution in [0.2, 0.25) is 0 Å². The Morgan fingerprint density at radius 2 is 2.00 bits per heavy atom. The molecule has 0 aromatic heterocycles. The van der Waals surface area contributed by atoms with Gasteiger partial charge >= 0.3 is 17.2 Å². The highest BCUT2D eigenvalue weighted by Gasteiger charge is 2.72. The molecule has 6 nitrogen and oxygen atoms in total. The molecular formula is C14H19F3O6S. The summed E-state index contributed by atoms with van der Waals surface area (Å²) in [6.45, 7) is 3.80. The number of fused-ring (bicyclic) bond motifs is 2. The maximum absolute atomic E-state index is 13.4. The zero-order valence-electron chi connectivity index (χ0n) is 13.4. The third kappa shape index (κ3) is 2.58. The summed E-state index contributed by atoms with van der Waals surface area (Å²) in [6, 6.07) is 0. The van der Waals surface area contributed by atoms with Crippen LogP contribution in [-0.2, 0) is 29.8 Å². The number of carbonyl (C=O) groups is 2. The summed E-state index contributed by atoms with van der Waals surface area (Å²) >= 11 is 0. The summed E-state index contributed by atoms with van der Waals surface area (Å²) in [4.78, 5) is 24.4. The van der Waals surface area contributed by atoms with Gasteiger partial charge in [0.15, 0.2) is 0 Å². The van der Waals surface area contributed by atoms with Gasteiger partial charge in [-0.25, -0.2) is 17.6 Å². The fourth-order valence-corrected chi connectivity index (χ4v) is 4.23. The fraction of sp³-hybridized carbons (Fsp3) is 0.857. The molecule has 0 aromatic carbocycles. The minimum Gasteiger partial charge on any atom is -0.459 e. The first-order chi connectivity index (χ1) is 10.9. The van der Waals surface area contributed by atoms with Crippen LogP contribution in [0.5, 0.6) is 0 Å². The Kier molecular flexibility index (Phi) is 4.66. The molecule has 4 atom stereocenters. The van der Waals surface area contributed by atoms with Gasteiger partial charge in [0.2, 0.25) is 22.5 Å². The Hall–Kier alpha value is -1.32. The lowest BCUT2D eigenvalue weighted by Gasteiger charge is -2.30. The van der Waals surface area contributed by atoms with Gasteiger partial charge in [0.25, 0.3) is 0 Å². The van der Waals surface area contributed by atoms with E-state index < -0.39 is 57.6 Å². The molecule has 2 aliphatic rings. The summed E-state index contributed by atoms with van der Waals surface area (Å²) in [5.41, 5.74) is -2.51. The zero-order chi connectivity index (χ0) is 18.5. The van der Waals surface area contributed by atoms with E-state index in [2.05, 4.69) is 4.74 Å². The van der Waals surface area contributed by atoms with Gasteiger partial charge in [0.05, 0.1) is 5.41 Å². The molecule has 0 aromatic rings. The molecule has 4 unspecified atom stereocenters. The summed E-state index contributed by atoms with van der Waals surface area (Å²) in [5, 5.41) is -4.64. The number of hydrogen-bond donors (Lipinski definition) is 1. The highest BCUT2D eigenvalue weighted by atomic mass is 32.2. The molecule has 1 saturated carbocycles. The third-order valence-electron chi connectivity index (χ3n) is 4.94. The fourth-order valence-electron chi connectivity index (χ4n) is 3.93. The van der Waals surface area contributed by atoms with Crippen LogP contribution < -0.4 is 0 Å². The van der Waals surface area contributed by atoms with Gasteiger partial charge in [0.1, 0.15) is 6.61 Å². The van der Waals surface area contributed by atoms with Crippen molar-refractivity contribution in [2.75, 3.05) is 6.61 Å². The Bertz CT molecular complexity index is 626. The van der Waals surface area contributed by atoms with Gasteiger partial charge in [-0.1, -0.05) is 13.8 Å². The quantitative estimate of drug-likeness (QED) is 0.561. The number of hydrogen-bond acceptors (Lipinski definition) is 6. The maximum Gasteiger partial charge on any atom is 0.376 e. The van der Waals surface area contributed by atoms with Gasteiger partial charge in [-0.2, -0.15) is 8.78 Å². The second-order valence-corrected chi connectivity index (χ2v) is 7.94. The van der Waals surface area contributed by atoms with Crippen molar-refractivity contribution in [2.24, 2.45) is 17.3 Å². The van der Waals surface area contributed by atoms with Crippen molar-refractivity contribution in [2.45, 2.75) is 50.6 Å². The SMILES string of the molecule is CC(C)C1C2(C)CCC1(C(=O)OCC(F)C(F)(F)[SH](=O)=O)OC2=O. The van der Waals surface area contributed by atoms with Crippen LogP contribution in [0.15, 0.2) is 0 Å². The van der Waals surface area contributed by atoms with E-state index >= 15 is 0 Å². The Morgan fingerprint density at radius 1 is 1.42 bits per heavy atom. The molecule has 2 rings (SSSR count). The Balaban J connectivity index is 2.16. The van der Waals surface area contributed by atoms with E-state index in [-0.39, 0.29) is 12.3 Å². The van der Waals surface area contributed by atoms with Crippen LogP contribution >= 0.6 is 0 Å². The predicted octanol–water partition coefficient (Wildman–Crippen LogP) is 1.44. The van der Waals surface area contributed by atoms with Crippen molar-refractivity contribution in [1.29, 1.82) is 0 Å². The van der Waals surface area contributed by atoms with E-state index in [1.165, 1.54) is 0 Å². The van der Waals surface area contributed by atoms with E-state index in [9.17, 15) is 31.2 Å². The number of halogens is 3. The molecule has 24 heavy (non-hydrogen) atoms. The average Bonchev–Trinajstić information content (AvgIpc) is 2.90. The monoisotopic (exact) mass is 372 g/mol. The van der Waals surface area contributed by atoms with E-state index in [4.69, 9.17) is 4.74 Å². The molecule has 0 radical (unpaired) electrons. The minimum absolute atomic E-state index is 0.143. The Morgan fingerprint density at radius 3 is 2.46 bits per heavy atom. The third-order valence-corrected chi connectivity index (χ3v) is 5.71. The standard InChI is InChI=1S/C14H19F3O6S/c1-7(2)9-12(3)4-5-13(9,23-10(12)18)11(19)22-6-8(15)14(16,17)24(20)21/h7-9,24H,4-6H2,1-3H3. The highest BCUT2D eigenvalue weighted by molar-refractivity contribution is 7.73. The van der Waals surface area contributed by atoms with Gasteiger partial charge < -0.3 is 9.47 Å².